The van der Waals surface area contributed by atoms with Gasteiger partial charge < -0.3 is 29.7 Å². The van der Waals surface area contributed by atoms with Gasteiger partial charge in [0.1, 0.15) is 18.2 Å². The van der Waals surface area contributed by atoms with Crippen LogP contribution in [-0.4, -0.2) is 88.4 Å². The van der Waals surface area contributed by atoms with Crippen molar-refractivity contribution in [2.75, 3.05) is 45.9 Å². The van der Waals surface area contributed by atoms with Gasteiger partial charge in [0.15, 0.2) is 0 Å². The molecule has 0 bridgehead atoms. The number of likely N-dealkylation sites (N-methyl/N-ethyl adjacent to an activating group) is 1. The molecule has 0 unspecified atom stereocenters. The third-order valence-corrected chi connectivity index (χ3v) is 6.18. The van der Waals surface area contributed by atoms with E-state index in [1.54, 1.807) is 12.1 Å². The van der Waals surface area contributed by atoms with E-state index in [4.69, 9.17) is 26.6 Å². The highest BCUT2D eigenvalue weighted by Gasteiger charge is 2.19. The van der Waals surface area contributed by atoms with Crippen molar-refractivity contribution in [2.45, 2.75) is 6.92 Å². The molecule has 2 heterocycles. The summed E-state index contributed by atoms with van der Waals surface area (Å²) in [7, 11) is 0. The van der Waals surface area contributed by atoms with Crippen LogP contribution in [0.5, 0.6) is 5.75 Å². The van der Waals surface area contributed by atoms with Gasteiger partial charge in [0.25, 0.3) is 0 Å². The standard InChI is InChI=1S/C23H26ClFN4O2.C4H4O4/c1-2-27(11-12-28-10-9-26-23(28)30)13-14-31-22-16-29(19-6-4-18(25)5-7-19)21-8-3-17(24)15-20(21)22;5-3(6)1-2-4(7)8/h3-8,15-16H,2,9-14H2,1H3,(H,26,30);1-2H,(H,5,6)(H,7,8)/b;2-1-. The number of nitrogens with one attached hydrogen (secondary N) is 1. The molecule has 0 spiro atoms. The first kappa shape index (κ1) is 29.5. The van der Waals surface area contributed by atoms with E-state index in [2.05, 4.69) is 17.1 Å². The van der Waals surface area contributed by atoms with Crippen molar-refractivity contribution < 1.29 is 33.7 Å². The van der Waals surface area contributed by atoms with Gasteiger partial charge >= 0.3 is 18.0 Å². The van der Waals surface area contributed by atoms with Crippen molar-refractivity contribution in [3.05, 3.63) is 71.7 Å². The Hall–Kier alpha value is -4.09. The van der Waals surface area contributed by atoms with Gasteiger partial charge in [0.2, 0.25) is 0 Å². The second-order valence-corrected chi connectivity index (χ2v) is 8.95. The summed E-state index contributed by atoms with van der Waals surface area (Å²) in [5.41, 5.74) is 1.79. The molecule has 0 radical (unpaired) electrons. The Labute approximate surface area is 229 Å². The van der Waals surface area contributed by atoms with Crippen LogP contribution in [0, 0.1) is 5.82 Å². The molecule has 39 heavy (non-hydrogen) atoms. The Morgan fingerprint density at radius 1 is 1.13 bits per heavy atom. The number of ether oxygens (including phenoxy) is 1. The zero-order valence-electron chi connectivity index (χ0n) is 21.3. The number of rotatable bonds is 11. The summed E-state index contributed by atoms with van der Waals surface area (Å²) in [4.78, 5) is 34.9. The van der Waals surface area contributed by atoms with Crippen LogP contribution in [0.3, 0.4) is 0 Å². The van der Waals surface area contributed by atoms with Crippen LogP contribution in [0.25, 0.3) is 16.6 Å². The highest BCUT2D eigenvalue weighted by Crippen LogP contribution is 2.32. The quantitative estimate of drug-likeness (QED) is 0.304. The van der Waals surface area contributed by atoms with E-state index in [1.807, 2.05) is 33.9 Å². The summed E-state index contributed by atoms with van der Waals surface area (Å²) in [6.45, 7) is 7.22. The van der Waals surface area contributed by atoms with E-state index in [0.717, 1.165) is 55.1 Å². The first-order valence-corrected chi connectivity index (χ1v) is 12.6. The molecule has 1 saturated heterocycles. The predicted molar refractivity (Wildman–Crippen MR) is 145 cm³/mol. The van der Waals surface area contributed by atoms with Gasteiger partial charge in [-0.1, -0.05) is 18.5 Å². The van der Waals surface area contributed by atoms with Crippen LogP contribution in [-0.2, 0) is 9.59 Å². The van der Waals surface area contributed by atoms with Crippen molar-refractivity contribution in [2.24, 2.45) is 0 Å². The van der Waals surface area contributed by atoms with Crippen molar-refractivity contribution in [1.29, 1.82) is 0 Å². The summed E-state index contributed by atoms with van der Waals surface area (Å²) in [6.07, 6.45) is 3.03. The van der Waals surface area contributed by atoms with Crippen LogP contribution in [0.4, 0.5) is 9.18 Å². The first-order valence-electron chi connectivity index (χ1n) is 12.3. The normalized spacial score (nSPS) is 13.0. The summed E-state index contributed by atoms with van der Waals surface area (Å²) < 4.78 is 21.5. The van der Waals surface area contributed by atoms with Gasteiger partial charge in [-0.05, 0) is 49.0 Å². The minimum Gasteiger partial charge on any atom is -0.490 e. The number of carbonyl (C=O) groups is 3. The number of aliphatic carboxylic acids is 2. The number of carbonyl (C=O) groups excluding carboxylic acids is 1. The van der Waals surface area contributed by atoms with Gasteiger partial charge in [-0.2, -0.15) is 0 Å². The van der Waals surface area contributed by atoms with Crippen molar-refractivity contribution in [3.63, 3.8) is 0 Å². The molecule has 10 nitrogen and oxygen atoms in total. The number of amides is 2. The zero-order chi connectivity index (χ0) is 28.4. The molecule has 1 aromatic heterocycles. The second kappa shape index (κ2) is 14.2. The van der Waals surface area contributed by atoms with E-state index in [-0.39, 0.29) is 11.8 Å². The molecule has 2 aromatic carbocycles. The molecule has 0 saturated carbocycles. The van der Waals surface area contributed by atoms with Crippen molar-refractivity contribution >= 4 is 40.5 Å². The van der Waals surface area contributed by atoms with E-state index >= 15 is 0 Å². The zero-order valence-corrected chi connectivity index (χ0v) is 22.1. The molecule has 2 amide bonds. The Morgan fingerprint density at radius 2 is 1.82 bits per heavy atom. The fraction of sp³-hybridized carbons (Fsp3) is 0.296. The maximum atomic E-state index is 13.4. The molecule has 0 aliphatic carbocycles. The average Bonchev–Trinajstić information content (AvgIpc) is 3.48. The third-order valence-electron chi connectivity index (χ3n) is 5.95. The molecule has 1 fully saturated rings. The van der Waals surface area contributed by atoms with Crippen LogP contribution in [0.1, 0.15) is 6.92 Å². The molecule has 208 valence electrons. The number of hydrogen-bond donors (Lipinski definition) is 3. The lowest BCUT2D eigenvalue weighted by Crippen LogP contribution is -2.38. The SMILES string of the molecule is CCN(CCOc1cn(-c2ccc(F)cc2)c2ccc(Cl)cc12)CCN1CCNC1=O.O=C(O)/C=C\C(=O)O. The average molecular weight is 561 g/mol. The van der Waals surface area contributed by atoms with Crippen LogP contribution in [0.15, 0.2) is 60.8 Å². The second-order valence-electron chi connectivity index (χ2n) is 8.51. The maximum absolute atomic E-state index is 13.4. The monoisotopic (exact) mass is 560 g/mol. The lowest BCUT2D eigenvalue weighted by atomic mass is 10.2. The van der Waals surface area contributed by atoms with Crippen LogP contribution in [0.2, 0.25) is 5.02 Å². The Morgan fingerprint density at radius 3 is 2.41 bits per heavy atom. The summed E-state index contributed by atoms with van der Waals surface area (Å²) in [5.74, 6) is -2.05. The molecule has 1 aliphatic heterocycles. The minimum absolute atomic E-state index is 0.0118. The van der Waals surface area contributed by atoms with Crippen molar-refractivity contribution in [3.8, 4) is 11.4 Å². The van der Waals surface area contributed by atoms with Gasteiger partial charge in [0, 0.05) is 61.0 Å². The molecular formula is C27H30ClFN4O6. The lowest BCUT2D eigenvalue weighted by molar-refractivity contribution is -0.134. The fourth-order valence-electron chi connectivity index (χ4n) is 3.94. The minimum atomic E-state index is -1.26. The Kier molecular flexibility index (Phi) is 10.7. The highest BCUT2D eigenvalue weighted by atomic mass is 35.5. The molecular weight excluding hydrogens is 531 g/mol. The number of benzene rings is 2. The van der Waals surface area contributed by atoms with Crippen LogP contribution >= 0.6 is 11.6 Å². The molecule has 3 N–H and O–H groups in total. The maximum Gasteiger partial charge on any atom is 0.328 e. The number of aromatic nitrogens is 1. The van der Waals surface area contributed by atoms with Crippen LogP contribution < -0.4 is 10.1 Å². The third kappa shape index (κ3) is 8.72. The van der Waals surface area contributed by atoms with Gasteiger partial charge in [-0.25, -0.2) is 18.8 Å². The first-order chi connectivity index (χ1) is 18.7. The van der Waals surface area contributed by atoms with E-state index < -0.39 is 11.9 Å². The number of fused-ring (bicyclic) bond motifs is 1. The summed E-state index contributed by atoms with van der Waals surface area (Å²) in [6, 6.07) is 12.0. The van der Waals surface area contributed by atoms with Crippen molar-refractivity contribution in [1.82, 2.24) is 19.7 Å². The summed E-state index contributed by atoms with van der Waals surface area (Å²) in [5, 5.41) is 20.0. The lowest BCUT2D eigenvalue weighted by Gasteiger charge is -2.23. The largest absolute Gasteiger partial charge is 0.490 e. The van der Waals surface area contributed by atoms with Gasteiger partial charge in [0.05, 0.1) is 11.7 Å². The van der Waals surface area contributed by atoms with E-state index in [1.165, 1.54) is 12.1 Å². The molecule has 0 atom stereocenters. The Bertz CT molecular complexity index is 1310. The van der Waals surface area contributed by atoms with Gasteiger partial charge in [-0.3, -0.25) is 4.90 Å². The number of carboxylic acids is 2. The smallest absolute Gasteiger partial charge is 0.328 e. The van der Waals surface area contributed by atoms with E-state index in [9.17, 15) is 18.8 Å². The topological polar surface area (TPSA) is 124 Å². The fourth-order valence-corrected chi connectivity index (χ4v) is 4.12. The Balaban J connectivity index is 0.000000459. The molecule has 4 rings (SSSR count). The number of nitrogens with zero attached hydrogens (tertiary/aromatic N) is 3. The number of halogens is 2. The van der Waals surface area contributed by atoms with E-state index in [0.29, 0.717) is 30.3 Å². The highest BCUT2D eigenvalue weighted by molar-refractivity contribution is 6.31. The molecule has 3 aromatic rings. The molecule has 1 aliphatic rings. The predicted octanol–water partition coefficient (Wildman–Crippen LogP) is 3.86. The number of urea groups is 1. The number of carboxylic acid groups (broad SMARTS) is 2. The summed E-state index contributed by atoms with van der Waals surface area (Å²) >= 11 is 6.23. The molecule has 12 heteroatoms. The van der Waals surface area contributed by atoms with Gasteiger partial charge in [-0.15, -0.1) is 0 Å². The number of hydrogen-bond acceptors (Lipinski definition) is 5.